The molecule has 8 heteroatoms. The van der Waals surface area contributed by atoms with Crippen LogP contribution in [0.2, 0.25) is 0 Å². The molecular formula is C19H17FN4O3. The van der Waals surface area contributed by atoms with E-state index in [1.807, 2.05) is 0 Å². The minimum atomic E-state index is -0.497. The van der Waals surface area contributed by atoms with Crippen LogP contribution in [0.15, 0.2) is 48.8 Å². The van der Waals surface area contributed by atoms with E-state index >= 15 is 0 Å². The van der Waals surface area contributed by atoms with E-state index in [0.29, 0.717) is 28.2 Å². The Labute approximate surface area is 154 Å². The quantitative estimate of drug-likeness (QED) is 0.551. The van der Waals surface area contributed by atoms with Crippen LogP contribution in [0.1, 0.15) is 27.3 Å². The lowest BCUT2D eigenvalue weighted by atomic mass is 10.1. The molecule has 1 heterocycles. The largest absolute Gasteiger partial charge is 0.348 e. The Bertz CT molecular complexity index is 1030. The van der Waals surface area contributed by atoms with Crippen LogP contribution < -0.4 is 5.32 Å². The van der Waals surface area contributed by atoms with Gasteiger partial charge >= 0.3 is 0 Å². The van der Waals surface area contributed by atoms with Gasteiger partial charge in [-0.2, -0.15) is 0 Å². The Balaban J connectivity index is 1.71. The number of nitro benzene ring substituents is 1. The molecule has 0 saturated heterocycles. The number of imidazole rings is 1. The number of hydrogen-bond donors (Lipinski definition) is 1. The number of aryl methyl sites for hydroxylation is 2. The number of hydrogen-bond acceptors (Lipinski definition) is 4. The first-order valence-electron chi connectivity index (χ1n) is 8.19. The van der Waals surface area contributed by atoms with E-state index in [0.717, 1.165) is 0 Å². The molecule has 3 rings (SSSR count). The summed E-state index contributed by atoms with van der Waals surface area (Å²) in [7, 11) is 0. The third-order valence-electron chi connectivity index (χ3n) is 4.21. The molecule has 1 amide bonds. The fraction of sp³-hybridized carbons (Fsp3) is 0.158. The first kappa shape index (κ1) is 18.2. The number of carbonyl (C=O) groups is 1. The molecule has 0 fully saturated rings. The number of halogens is 1. The molecule has 27 heavy (non-hydrogen) atoms. The summed E-state index contributed by atoms with van der Waals surface area (Å²) in [6.07, 6.45) is 3.27. The van der Waals surface area contributed by atoms with Crippen molar-refractivity contribution < 1.29 is 14.1 Å². The van der Waals surface area contributed by atoms with Gasteiger partial charge in [-0.15, -0.1) is 0 Å². The van der Waals surface area contributed by atoms with Gasteiger partial charge in [0.05, 0.1) is 10.6 Å². The third-order valence-corrected chi connectivity index (χ3v) is 4.21. The zero-order valence-electron chi connectivity index (χ0n) is 14.8. The van der Waals surface area contributed by atoms with Crippen molar-refractivity contribution in [1.82, 2.24) is 14.9 Å². The molecule has 0 aliphatic rings. The van der Waals surface area contributed by atoms with Crippen molar-refractivity contribution >= 4 is 11.6 Å². The molecule has 3 aromatic rings. The molecule has 138 valence electrons. The lowest BCUT2D eigenvalue weighted by Gasteiger charge is -2.10. The van der Waals surface area contributed by atoms with Gasteiger partial charge in [-0.1, -0.05) is 6.07 Å². The van der Waals surface area contributed by atoms with Crippen molar-refractivity contribution in [3.8, 4) is 5.69 Å². The van der Waals surface area contributed by atoms with E-state index in [-0.39, 0.29) is 18.1 Å². The van der Waals surface area contributed by atoms with Crippen molar-refractivity contribution in [2.24, 2.45) is 0 Å². The standard InChI is InChI=1S/C19H17FN4O3/c1-12-9-15(4-6-17(12)24(26)27)19(25)22-11-14-3-5-18(16(20)10-14)23-8-7-21-13(23)2/h3-10H,11H2,1-2H3,(H,22,25). The lowest BCUT2D eigenvalue weighted by Crippen LogP contribution is -2.23. The average Bonchev–Trinajstić information content (AvgIpc) is 3.05. The Morgan fingerprint density at radius 3 is 2.63 bits per heavy atom. The zero-order valence-corrected chi connectivity index (χ0v) is 14.8. The summed E-state index contributed by atoms with van der Waals surface area (Å²) in [6.45, 7) is 3.48. The topological polar surface area (TPSA) is 90.1 Å². The maximum absolute atomic E-state index is 14.4. The van der Waals surface area contributed by atoms with E-state index < -0.39 is 10.7 Å². The van der Waals surface area contributed by atoms with Crippen molar-refractivity contribution in [1.29, 1.82) is 0 Å². The van der Waals surface area contributed by atoms with Gasteiger partial charge in [-0.3, -0.25) is 14.9 Å². The van der Waals surface area contributed by atoms with Gasteiger partial charge in [0.15, 0.2) is 0 Å². The van der Waals surface area contributed by atoms with Crippen molar-refractivity contribution in [2.75, 3.05) is 0 Å². The van der Waals surface area contributed by atoms with Crippen LogP contribution in [-0.2, 0) is 6.54 Å². The van der Waals surface area contributed by atoms with Gasteiger partial charge in [0.2, 0.25) is 0 Å². The number of nitrogens with one attached hydrogen (secondary N) is 1. The van der Waals surface area contributed by atoms with Gasteiger partial charge < -0.3 is 9.88 Å². The summed E-state index contributed by atoms with van der Waals surface area (Å²) in [4.78, 5) is 26.7. The summed E-state index contributed by atoms with van der Waals surface area (Å²) in [5.41, 5.74) is 1.65. The van der Waals surface area contributed by atoms with E-state index in [1.165, 1.54) is 24.3 Å². The highest BCUT2D eigenvalue weighted by molar-refractivity contribution is 5.94. The normalized spacial score (nSPS) is 10.6. The fourth-order valence-electron chi connectivity index (χ4n) is 2.77. The molecule has 1 aromatic heterocycles. The van der Waals surface area contributed by atoms with Crippen LogP contribution in [0.25, 0.3) is 5.69 Å². The Hall–Kier alpha value is -3.55. The minimum Gasteiger partial charge on any atom is -0.348 e. The molecule has 2 aromatic carbocycles. The van der Waals surface area contributed by atoms with Gasteiger partial charge in [0.25, 0.3) is 11.6 Å². The monoisotopic (exact) mass is 368 g/mol. The molecule has 0 spiro atoms. The van der Waals surface area contributed by atoms with E-state index in [9.17, 15) is 19.3 Å². The zero-order chi connectivity index (χ0) is 19.6. The van der Waals surface area contributed by atoms with Crippen LogP contribution in [-0.4, -0.2) is 20.4 Å². The first-order valence-corrected chi connectivity index (χ1v) is 8.19. The molecule has 0 atom stereocenters. The van der Waals surface area contributed by atoms with Crippen molar-refractivity contribution in [2.45, 2.75) is 20.4 Å². The highest BCUT2D eigenvalue weighted by atomic mass is 19.1. The minimum absolute atomic E-state index is 0.0426. The predicted molar refractivity (Wildman–Crippen MR) is 97.3 cm³/mol. The summed E-state index contributed by atoms with van der Waals surface area (Å²) in [5, 5.41) is 13.5. The Morgan fingerprint density at radius 2 is 2.04 bits per heavy atom. The fourth-order valence-corrected chi connectivity index (χ4v) is 2.77. The number of nitrogens with zero attached hydrogens (tertiary/aromatic N) is 3. The highest BCUT2D eigenvalue weighted by Crippen LogP contribution is 2.19. The van der Waals surface area contributed by atoms with Crippen LogP contribution in [0.5, 0.6) is 0 Å². The molecule has 0 radical (unpaired) electrons. The molecule has 0 aliphatic heterocycles. The second-order valence-corrected chi connectivity index (χ2v) is 6.07. The smallest absolute Gasteiger partial charge is 0.272 e. The molecule has 0 saturated carbocycles. The van der Waals surface area contributed by atoms with Gasteiger partial charge in [0.1, 0.15) is 11.6 Å². The number of aromatic nitrogens is 2. The van der Waals surface area contributed by atoms with Crippen molar-refractivity contribution in [3.63, 3.8) is 0 Å². The van der Waals surface area contributed by atoms with Crippen LogP contribution >= 0.6 is 0 Å². The predicted octanol–water partition coefficient (Wildman–Crippen LogP) is 3.47. The second-order valence-electron chi connectivity index (χ2n) is 6.07. The van der Waals surface area contributed by atoms with Crippen LogP contribution in [0, 0.1) is 29.8 Å². The average molecular weight is 368 g/mol. The van der Waals surface area contributed by atoms with Gasteiger partial charge in [-0.05, 0) is 43.7 Å². The lowest BCUT2D eigenvalue weighted by molar-refractivity contribution is -0.385. The number of nitro groups is 1. The SMILES string of the molecule is Cc1cc(C(=O)NCc2ccc(-n3ccnc3C)c(F)c2)ccc1[N+](=O)[O-]. The Kier molecular flexibility index (Phi) is 4.98. The van der Waals surface area contributed by atoms with Gasteiger partial charge in [0, 0.05) is 36.1 Å². The summed E-state index contributed by atoms with van der Waals surface area (Å²) in [5.74, 6) is -0.138. The van der Waals surface area contributed by atoms with Crippen LogP contribution in [0.3, 0.4) is 0 Å². The molecule has 0 unspecified atom stereocenters. The second kappa shape index (κ2) is 7.36. The van der Waals surface area contributed by atoms with E-state index in [4.69, 9.17) is 0 Å². The Morgan fingerprint density at radius 1 is 1.26 bits per heavy atom. The molecule has 1 N–H and O–H groups in total. The number of amides is 1. The summed E-state index contributed by atoms with van der Waals surface area (Å²) < 4.78 is 16.0. The number of benzene rings is 2. The van der Waals surface area contributed by atoms with E-state index in [2.05, 4.69) is 10.3 Å². The molecular weight excluding hydrogens is 351 g/mol. The van der Waals surface area contributed by atoms with Gasteiger partial charge in [-0.25, -0.2) is 9.37 Å². The maximum atomic E-state index is 14.4. The first-order chi connectivity index (χ1) is 12.9. The van der Waals surface area contributed by atoms with Crippen molar-refractivity contribution in [3.05, 3.63) is 87.2 Å². The van der Waals surface area contributed by atoms with E-state index in [1.54, 1.807) is 42.9 Å². The third kappa shape index (κ3) is 3.84. The highest BCUT2D eigenvalue weighted by Gasteiger charge is 2.14. The molecule has 0 aliphatic carbocycles. The van der Waals surface area contributed by atoms with Crippen LogP contribution in [0.4, 0.5) is 10.1 Å². The molecule has 0 bridgehead atoms. The number of carbonyl (C=O) groups excluding carboxylic acids is 1. The maximum Gasteiger partial charge on any atom is 0.272 e. The summed E-state index contributed by atoms with van der Waals surface area (Å²) in [6, 6.07) is 8.86. The number of rotatable bonds is 5. The summed E-state index contributed by atoms with van der Waals surface area (Å²) >= 11 is 0. The molecule has 7 nitrogen and oxygen atoms in total.